The second kappa shape index (κ2) is 9.24. The van der Waals surface area contributed by atoms with Crippen LogP contribution in [0.25, 0.3) is 10.7 Å². The van der Waals surface area contributed by atoms with Gasteiger partial charge in [0.2, 0.25) is 0 Å². The maximum Gasteiger partial charge on any atom is 0.388 e. The van der Waals surface area contributed by atoms with Gasteiger partial charge in [0.05, 0.1) is 11.7 Å². The van der Waals surface area contributed by atoms with Crippen molar-refractivity contribution >= 4 is 23.1 Å². The Balaban J connectivity index is 2.03. The SMILES string of the molecule is C=C(/C=C\C=C(/N)OC(F)F)C(C)(C)Nc1ccc(-c2ncc(C(N)=O)s2)nn1. The zero-order valence-electron chi connectivity index (χ0n) is 15.7. The smallest absolute Gasteiger partial charge is 0.388 e. The van der Waals surface area contributed by atoms with Gasteiger partial charge in [-0.25, -0.2) is 4.98 Å². The maximum absolute atomic E-state index is 12.0. The Morgan fingerprint density at radius 3 is 2.62 bits per heavy atom. The third-order valence-electron chi connectivity index (χ3n) is 3.66. The summed E-state index contributed by atoms with van der Waals surface area (Å²) in [5.41, 5.74) is 11.0. The Bertz CT molecular complexity index is 938. The topological polar surface area (TPSA) is 129 Å². The van der Waals surface area contributed by atoms with Crippen molar-refractivity contribution in [3.8, 4) is 10.7 Å². The molecule has 2 rings (SSSR count). The predicted molar refractivity (Wildman–Crippen MR) is 107 cm³/mol. The standard InChI is InChI=1S/C18H20F2N6O2S/c1-10(5-4-6-13(21)28-17(19)20)18(2,3)24-14-8-7-11(25-26-14)16-23-9-12(29-16)15(22)27/h4-9,17H,1,21H2,2-3H3,(H2,22,27)(H,24,26)/b5-4-,13-6+. The predicted octanol–water partition coefficient (Wildman–Crippen LogP) is 3.04. The lowest BCUT2D eigenvalue weighted by Crippen LogP contribution is -2.32. The van der Waals surface area contributed by atoms with Crippen molar-refractivity contribution in [2.24, 2.45) is 11.5 Å². The molecule has 2 aromatic rings. The van der Waals surface area contributed by atoms with E-state index in [1.165, 1.54) is 18.3 Å². The van der Waals surface area contributed by atoms with Crippen LogP contribution in [0.15, 0.2) is 54.6 Å². The van der Waals surface area contributed by atoms with Crippen molar-refractivity contribution in [1.82, 2.24) is 15.2 Å². The van der Waals surface area contributed by atoms with Gasteiger partial charge in [0.15, 0.2) is 5.88 Å². The molecule has 11 heteroatoms. The van der Waals surface area contributed by atoms with Crippen LogP contribution in [0.1, 0.15) is 23.5 Å². The molecule has 0 unspecified atom stereocenters. The van der Waals surface area contributed by atoms with E-state index in [0.717, 1.165) is 11.3 Å². The van der Waals surface area contributed by atoms with Crippen LogP contribution in [0.4, 0.5) is 14.6 Å². The van der Waals surface area contributed by atoms with Crippen molar-refractivity contribution < 1.29 is 18.3 Å². The fraction of sp³-hybridized carbons (Fsp3) is 0.222. The van der Waals surface area contributed by atoms with Gasteiger partial charge in [-0.2, -0.15) is 8.78 Å². The Hall–Kier alpha value is -3.34. The molecule has 0 aliphatic carbocycles. The number of ether oxygens (including phenoxy) is 1. The first kappa shape index (κ1) is 22.0. The summed E-state index contributed by atoms with van der Waals surface area (Å²) in [5, 5.41) is 11.9. The number of nitrogens with two attached hydrogens (primary N) is 2. The van der Waals surface area contributed by atoms with Crippen molar-refractivity contribution in [1.29, 1.82) is 0 Å². The highest BCUT2D eigenvalue weighted by atomic mass is 32.1. The molecule has 0 atom stereocenters. The molecule has 2 aromatic heterocycles. The number of anilines is 1. The molecule has 0 fully saturated rings. The van der Waals surface area contributed by atoms with Crippen LogP contribution in [-0.2, 0) is 4.74 Å². The van der Waals surface area contributed by atoms with Crippen LogP contribution >= 0.6 is 11.3 Å². The lowest BCUT2D eigenvalue weighted by molar-refractivity contribution is -0.0968. The second-order valence-corrected chi connectivity index (χ2v) is 7.31. The van der Waals surface area contributed by atoms with Gasteiger partial charge in [-0.15, -0.1) is 21.5 Å². The number of aromatic nitrogens is 3. The molecule has 0 aromatic carbocycles. The van der Waals surface area contributed by atoms with Crippen molar-refractivity contribution in [3.63, 3.8) is 0 Å². The first-order valence-corrected chi connectivity index (χ1v) is 9.06. The monoisotopic (exact) mass is 422 g/mol. The van der Waals surface area contributed by atoms with Crippen molar-refractivity contribution in [3.05, 3.63) is 59.5 Å². The number of hydrogen-bond acceptors (Lipinski definition) is 8. The number of allylic oxidation sites excluding steroid dienone is 2. The van der Waals surface area contributed by atoms with Gasteiger partial charge in [-0.1, -0.05) is 18.7 Å². The summed E-state index contributed by atoms with van der Waals surface area (Å²) in [6.07, 6.45) is 5.66. The summed E-state index contributed by atoms with van der Waals surface area (Å²) in [6.45, 7) is 4.70. The minimum Gasteiger partial charge on any atom is -0.420 e. The Morgan fingerprint density at radius 1 is 1.34 bits per heavy atom. The first-order chi connectivity index (χ1) is 13.6. The second-order valence-electron chi connectivity index (χ2n) is 6.28. The molecule has 0 saturated heterocycles. The van der Waals surface area contributed by atoms with Crippen molar-refractivity contribution in [2.45, 2.75) is 26.0 Å². The Kier molecular flexibility index (Phi) is 6.99. The number of primary amides is 1. The van der Waals surface area contributed by atoms with E-state index in [1.54, 1.807) is 18.2 Å². The molecule has 154 valence electrons. The summed E-state index contributed by atoms with van der Waals surface area (Å²) in [5.74, 6) is -0.472. The zero-order valence-corrected chi connectivity index (χ0v) is 16.5. The molecule has 5 N–H and O–H groups in total. The summed E-state index contributed by atoms with van der Waals surface area (Å²) in [4.78, 5) is 15.6. The average Bonchev–Trinajstić information content (AvgIpc) is 3.11. The van der Waals surface area contributed by atoms with Crippen LogP contribution in [-0.4, -0.2) is 33.2 Å². The fourth-order valence-electron chi connectivity index (χ4n) is 2.03. The number of halogens is 2. The lowest BCUT2D eigenvalue weighted by atomic mass is 9.95. The first-order valence-electron chi connectivity index (χ1n) is 8.24. The molecule has 0 bridgehead atoms. The van der Waals surface area contributed by atoms with E-state index >= 15 is 0 Å². The zero-order chi connectivity index (χ0) is 21.6. The van der Waals surface area contributed by atoms with E-state index in [0.29, 0.717) is 27.0 Å². The van der Waals surface area contributed by atoms with Crippen LogP contribution in [0, 0.1) is 0 Å². The molecule has 0 radical (unpaired) electrons. The fourth-order valence-corrected chi connectivity index (χ4v) is 2.76. The number of thiazole rings is 1. The van der Waals surface area contributed by atoms with Crippen LogP contribution in [0.2, 0.25) is 0 Å². The molecule has 1 amide bonds. The molecule has 0 saturated carbocycles. The number of amides is 1. The number of nitrogens with one attached hydrogen (secondary N) is 1. The molecular weight excluding hydrogens is 402 g/mol. The lowest BCUT2D eigenvalue weighted by Gasteiger charge is -2.27. The highest BCUT2D eigenvalue weighted by molar-refractivity contribution is 7.16. The summed E-state index contributed by atoms with van der Waals surface area (Å²) >= 11 is 1.13. The largest absolute Gasteiger partial charge is 0.420 e. The molecule has 8 nitrogen and oxygen atoms in total. The van der Waals surface area contributed by atoms with Gasteiger partial charge >= 0.3 is 6.61 Å². The highest BCUT2D eigenvalue weighted by Gasteiger charge is 2.20. The van der Waals surface area contributed by atoms with E-state index in [9.17, 15) is 13.6 Å². The van der Waals surface area contributed by atoms with Gasteiger partial charge in [0.25, 0.3) is 5.91 Å². The highest BCUT2D eigenvalue weighted by Crippen LogP contribution is 2.25. The summed E-state index contributed by atoms with van der Waals surface area (Å²) in [7, 11) is 0. The van der Waals surface area contributed by atoms with E-state index in [-0.39, 0.29) is 0 Å². The Morgan fingerprint density at radius 2 is 2.07 bits per heavy atom. The quantitative estimate of drug-likeness (QED) is 0.418. The Labute approximate surface area is 170 Å². The molecule has 29 heavy (non-hydrogen) atoms. The third-order valence-corrected chi connectivity index (χ3v) is 4.69. The molecular formula is C18H20F2N6O2S. The van der Waals surface area contributed by atoms with E-state index in [2.05, 4.69) is 31.8 Å². The van der Waals surface area contributed by atoms with Gasteiger partial charge in [0, 0.05) is 0 Å². The minimum atomic E-state index is -2.98. The number of carbonyl (C=O) groups excluding carboxylic acids is 1. The van der Waals surface area contributed by atoms with Gasteiger partial charge in [-0.05, 0) is 37.6 Å². The average molecular weight is 422 g/mol. The summed E-state index contributed by atoms with van der Waals surface area (Å²) in [6, 6.07) is 3.42. The van der Waals surface area contributed by atoms with Gasteiger partial charge < -0.3 is 21.5 Å². The van der Waals surface area contributed by atoms with Crippen LogP contribution < -0.4 is 16.8 Å². The van der Waals surface area contributed by atoms with E-state index < -0.39 is 23.9 Å². The maximum atomic E-state index is 12.0. The van der Waals surface area contributed by atoms with Crippen molar-refractivity contribution in [2.75, 3.05) is 5.32 Å². The molecule has 2 heterocycles. The number of hydrogen-bond donors (Lipinski definition) is 3. The summed E-state index contributed by atoms with van der Waals surface area (Å²) < 4.78 is 28.1. The van der Waals surface area contributed by atoms with E-state index in [4.69, 9.17) is 11.5 Å². The number of rotatable bonds is 9. The van der Waals surface area contributed by atoms with Crippen LogP contribution in [0.5, 0.6) is 0 Å². The number of nitrogens with zero attached hydrogens (tertiary/aromatic N) is 3. The molecule has 0 spiro atoms. The van der Waals surface area contributed by atoms with E-state index in [1.807, 2.05) is 13.8 Å². The normalized spacial score (nSPS) is 12.4. The number of alkyl halides is 2. The van der Waals surface area contributed by atoms with Gasteiger partial charge in [0.1, 0.15) is 21.4 Å². The molecule has 0 aliphatic heterocycles. The molecule has 0 aliphatic rings. The van der Waals surface area contributed by atoms with Gasteiger partial charge in [-0.3, -0.25) is 4.79 Å². The number of carbonyl (C=O) groups is 1. The minimum absolute atomic E-state index is 0.335. The van der Waals surface area contributed by atoms with Crippen LogP contribution in [0.3, 0.4) is 0 Å². The third kappa shape index (κ3) is 6.35.